The van der Waals surface area contributed by atoms with Crippen LogP contribution in [0.2, 0.25) is 0 Å². The van der Waals surface area contributed by atoms with Gasteiger partial charge in [-0.15, -0.1) is 0 Å². The van der Waals surface area contributed by atoms with Crippen LogP contribution in [0.4, 0.5) is 11.4 Å². The van der Waals surface area contributed by atoms with Crippen LogP contribution in [0.1, 0.15) is 10.4 Å². The second-order valence-electron chi connectivity index (χ2n) is 5.56. The number of nitrogens with zero attached hydrogens (tertiary/aromatic N) is 2. The van der Waals surface area contributed by atoms with Crippen LogP contribution in [0.15, 0.2) is 58.0 Å². The molecule has 0 saturated carbocycles. The average molecular weight is 446 g/mol. The molecule has 0 spiro atoms. The largest absolute Gasteiger partial charge is 0.478 e. The fraction of sp³-hybridized carbons (Fsp3) is 0.0556. The van der Waals surface area contributed by atoms with Crippen LogP contribution in [0.5, 0.6) is 0 Å². The van der Waals surface area contributed by atoms with Gasteiger partial charge in [0.25, 0.3) is 5.91 Å². The highest BCUT2D eigenvalue weighted by molar-refractivity contribution is 9.10. The molecular formula is C18H12BrN3O4S. The van der Waals surface area contributed by atoms with Crippen LogP contribution in [-0.2, 0) is 9.59 Å². The van der Waals surface area contributed by atoms with Crippen LogP contribution in [0.3, 0.4) is 0 Å². The smallest absolute Gasteiger partial charge is 0.335 e. The van der Waals surface area contributed by atoms with E-state index in [1.807, 2.05) is 0 Å². The summed E-state index contributed by atoms with van der Waals surface area (Å²) in [6, 6.07) is 12.8. The highest BCUT2D eigenvalue weighted by Crippen LogP contribution is 2.23. The molecule has 1 aliphatic rings. The minimum absolute atomic E-state index is 0.00940. The monoisotopic (exact) mass is 445 g/mol. The van der Waals surface area contributed by atoms with E-state index in [2.05, 4.69) is 26.2 Å². The van der Waals surface area contributed by atoms with Gasteiger partial charge in [-0.3, -0.25) is 19.5 Å². The number of carboxylic acid groups (broad SMARTS) is 1. The second-order valence-corrected chi connectivity index (χ2v) is 6.86. The van der Waals surface area contributed by atoms with E-state index in [0.29, 0.717) is 11.4 Å². The molecule has 27 heavy (non-hydrogen) atoms. The molecule has 0 bridgehead atoms. The molecule has 0 radical (unpaired) electrons. The molecule has 0 aromatic heterocycles. The van der Waals surface area contributed by atoms with Crippen LogP contribution in [0.25, 0.3) is 0 Å². The summed E-state index contributed by atoms with van der Waals surface area (Å²) in [7, 11) is 0. The second kappa shape index (κ2) is 7.77. The van der Waals surface area contributed by atoms with Gasteiger partial charge in [-0.1, -0.05) is 22.0 Å². The summed E-state index contributed by atoms with van der Waals surface area (Å²) in [6.45, 7) is 0. The molecule has 0 unspecified atom stereocenters. The molecule has 1 atom stereocenters. The van der Waals surface area contributed by atoms with Crippen molar-refractivity contribution in [2.45, 2.75) is 0 Å². The highest BCUT2D eigenvalue weighted by atomic mass is 79.9. The van der Waals surface area contributed by atoms with E-state index in [-0.39, 0.29) is 10.7 Å². The van der Waals surface area contributed by atoms with Crippen molar-refractivity contribution in [1.82, 2.24) is 5.32 Å². The molecule has 2 aromatic rings. The molecule has 136 valence electrons. The minimum Gasteiger partial charge on any atom is -0.478 e. The maximum absolute atomic E-state index is 12.8. The molecule has 1 saturated heterocycles. The summed E-state index contributed by atoms with van der Waals surface area (Å²) in [5, 5.41) is 11.5. The standard InChI is InChI=1S/C18H12BrN3O4S/c19-11-4-6-13(7-5-11)22-16(24)14(15(23)21-18(22)27)9-20-12-3-1-2-10(8-12)17(25)26/h1-9,14H,(H,25,26)(H,21,23,27)/t14-/m0/s1. The number of nitrogens with one attached hydrogen (secondary N) is 1. The van der Waals surface area contributed by atoms with Gasteiger partial charge in [-0.05, 0) is 54.7 Å². The molecule has 2 N–H and O–H groups in total. The van der Waals surface area contributed by atoms with Crippen molar-refractivity contribution >= 4 is 68.6 Å². The Labute approximate surface area is 167 Å². The van der Waals surface area contributed by atoms with E-state index in [1.165, 1.54) is 29.3 Å². The number of aromatic carboxylic acids is 1. The normalized spacial score (nSPS) is 17.3. The van der Waals surface area contributed by atoms with Crippen LogP contribution in [0, 0.1) is 5.92 Å². The van der Waals surface area contributed by atoms with Gasteiger partial charge in [-0.2, -0.15) is 0 Å². The topological polar surface area (TPSA) is 99.1 Å². The Kier molecular flexibility index (Phi) is 5.43. The molecule has 7 nitrogen and oxygen atoms in total. The molecule has 1 fully saturated rings. The summed E-state index contributed by atoms with van der Waals surface area (Å²) in [6.07, 6.45) is 1.19. The minimum atomic E-state index is -1.19. The molecule has 9 heteroatoms. The zero-order chi connectivity index (χ0) is 19.6. The fourth-order valence-corrected chi connectivity index (χ4v) is 3.00. The Morgan fingerprint density at radius 3 is 2.59 bits per heavy atom. The van der Waals surface area contributed by atoms with Gasteiger partial charge in [-0.25, -0.2) is 4.79 Å². The predicted octanol–water partition coefficient (Wildman–Crippen LogP) is 2.91. The quantitative estimate of drug-likeness (QED) is 0.428. The summed E-state index contributed by atoms with van der Waals surface area (Å²) in [5.41, 5.74) is 0.889. The highest BCUT2D eigenvalue weighted by Gasteiger charge is 2.38. The number of halogens is 1. The lowest BCUT2D eigenvalue weighted by molar-refractivity contribution is -0.130. The number of rotatable bonds is 4. The summed E-state index contributed by atoms with van der Waals surface area (Å²) in [4.78, 5) is 41.4. The van der Waals surface area contributed by atoms with Crippen molar-refractivity contribution < 1.29 is 19.5 Å². The van der Waals surface area contributed by atoms with Crippen molar-refractivity contribution in [2.75, 3.05) is 4.90 Å². The number of aliphatic imine (C=N–C) groups is 1. The van der Waals surface area contributed by atoms with Crippen molar-refractivity contribution in [3.8, 4) is 0 Å². The molecule has 2 aromatic carbocycles. The molecule has 2 amide bonds. The Balaban J connectivity index is 1.88. The lowest BCUT2D eigenvalue weighted by Gasteiger charge is -2.30. The molecular weight excluding hydrogens is 434 g/mol. The van der Waals surface area contributed by atoms with E-state index in [4.69, 9.17) is 17.3 Å². The Morgan fingerprint density at radius 1 is 1.22 bits per heavy atom. The van der Waals surface area contributed by atoms with Gasteiger partial charge >= 0.3 is 5.97 Å². The van der Waals surface area contributed by atoms with E-state index < -0.39 is 23.7 Å². The van der Waals surface area contributed by atoms with E-state index >= 15 is 0 Å². The summed E-state index contributed by atoms with van der Waals surface area (Å²) >= 11 is 8.44. The van der Waals surface area contributed by atoms with Crippen LogP contribution < -0.4 is 10.2 Å². The SMILES string of the molecule is O=C(O)c1cccc(N=C[C@H]2C(=O)NC(=S)N(c3ccc(Br)cc3)C2=O)c1. The maximum Gasteiger partial charge on any atom is 0.335 e. The Hall–Kier alpha value is -2.91. The van der Waals surface area contributed by atoms with E-state index in [1.54, 1.807) is 30.3 Å². The molecule has 1 heterocycles. The maximum atomic E-state index is 12.8. The first-order chi connectivity index (χ1) is 12.9. The predicted molar refractivity (Wildman–Crippen MR) is 107 cm³/mol. The molecule has 1 aliphatic heterocycles. The lowest BCUT2D eigenvalue weighted by Crippen LogP contribution is -2.58. The van der Waals surface area contributed by atoms with Gasteiger partial charge in [0.1, 0.15) is 0 Å². The van der Waals surface area contributed by atoms with E-state index in [0.717, 1.165) is 4.47 Å². The number of amides is 2. The third kappa shape index (κ3) is 4.09. The number of hydrogen-bond acceptors (Lipinski definition) is 5. The number of carboxylic acids is 1. The Bertz CT molecular complexity index is 975. The van der Waals surface area contributed by atoms with Crippen molar-refractivity contribution in [2.24, 2.45) is 10.9 Å². The van der Waals surface area contributed by atoms with Gasteiger partial charge in [0.15, 0.2) is 11.0 Å². The summed E-state index contributed by atoms with van der Waals surface area (Å²) < 4.78 is 0.835. The number of carbonyl (C=O) groups excluding carboxylic acids is 2. The third-order valence-corrected chi connectivity index (χ3v) is 4.57. The zero-order valence-electron chi connectivity index (χ0n) is 13.6. The Morgan fingerprint density at radius 2 is 1.93 bits per heavy atom. The van der Waals surface area contributed by atoms with Gasteiger partial charge < -0.3 is 10.4 Å². The van der Waals surface area contributed by atoms with Gasteiger partial charge in [0.2, 0.25) is 5.91 Å². The fourth-order valence-electron chi connectivity index (χ4n) is 2.44. The average Bonchev–Trinajstić information content (AvgIpc) is 2.63. The lowest BCUT2D eigenvalue weighted by atomic mass is 10.1. The first-order valence-corrected chi connectivity index (χ1v) is 8.89. The van der Waals surface area contributed by atoms with Crippen LogP contribution >= 0.6 is 28.1 Å². The summed E-state index contributed by atoms with van der Waals surface area (Å²) in [5.74, 6) is -3.40. The van der Waals surface area contributed by atoms with Crippen molar-refractivity contribution in [3.63, 3.8) is 0 Å². The zero-order valence-corrected chi connectivity index (χ0v) is 16.0. The van der Waals surface area contributed by atoms with Gasteiger partial charge in [0.05, 0.1) is 16.9 Å². The van der Waals surface area contributed by atoms with Gasteiger partial charge in [0, 0.05) is 10.7 Å². The number of carbonyl (C=O) groups is 3. The number of anilines is 1. The molecule has 0 aliphatic carbocycles. The first kappa shape index (κ1) is 18.9. The number of benzene rings is 2. The third-order valence-electron chi connectivity index (χ3n) is 3.75. The molecule has 3 rings (SSSR count). The van der Waals surface area contributed by atoms with Crippen LogP contribution in [-0.4, -0.2) is 34.2 Å². The number of thiocarbonyl (C=S) groups is 1. The number of hydrogen-bond donors (Lipinski definition) is 2. The first-order valence-electron chi connectivity index (χ1n) is 7.69. The van der Waals surface area contributed by atoms with Crippen molar-refractivity contribution in [3.05, 3.63) is 58.6 Å². The van der Waals surface area contributed by atoms with E-state index in [9.17, 15) is 14.4 Å². The van der Waals surface area contributed by atoms with Crippen molar-refractivity contribution in [1.29, 1.82) is 0 Å².